The minimum Gasteiger partial charge on any atom is -0.299 e. The molecule has 0 aliphatic rings. The van der Waals surface area contributed by atoms with Crippen LogP contribution < -0.4 is 9.62 Å². The molecule has 1 amide bonds. The molecule has 1 N–H and O–H groups in total. The third-order valence-corrected chi connectivity index (χ3v) is 6.57. The van der Waals surface area contributed by atoms with E-state index in [0.29, 0.717) is 15.8 Å². The highest BCUT2D eigenvalue weighted by molar-refractivity contribution is 8.01. The third kappa shape index (κ3) is 5.32. The first-order valence-electron chi connectivity index (χ1n) is 7.78. The van der Waals surface area contributed by atoms with Crippen LogP contribution in [-0.4, -0.2) is 42.6 Å². The van der Waals surface area contributed by atoms with Crippen LogP contribution in [-0.2, 0) is 14.8 Å². The molecule has 0 aliphatic heterocycles. The number of thioether (sulfide) groups is 1. The lowest BCUT2D eigenvalue weighted by Crippen LogP contribution is -2.47. The first kappa shape index (κ1) is 20.9. The van der Waals surface area contributed by atoms with E-state index in [0.717, 1.165) is 20.7 Å². The van der Waals surface area contributed by atoms with Gasteiger partial charge >= 0.3 is 0 Å². The molecule has 0 saturated heterocycles. The van der Waals surface area contributed by atoms with E-state index in [9.17, 15) is 13.2 Å². The Morgan fingerprint density at radius 3 is 2.69 bits per heavy atom. The average Bonchev–Trinajstić information content (AvgIpc) is 2.98. The lowest BCUT2D eigenvalue weighted by Gasteiger charge is -2.29. The largest absolute Gasteiger partial charge is 0.299 e. The van der Waals surface area contributed by atoms with Gasteiger partial charge in [-0.25, -0.2) is 8.42 Å². The first-order chi connectivity index (χ1) is 12.3. The van der Waals surface area contributed by atoms with Crippen molar-refractivity contribution >= 4 is 61.4 Å². The van der Waals surface area contributed by atoms with Crippen LogP contribution in [0.1, 0.15) is 20.3 Å². The van der Waals surface area contributed by atoms with Crippen LogP contribution in [0.15, 0.2) is 28.6 Å². The Balaban J connectivity index is 2.30. The number of carbonyl (C=O) groups is 1. The van der Waals surface area contributed by atoms with Gasteiger partial charge in [0.15, 0.2) is 4.34 Å². The van der Waals surface area contributed by atoms with Crippen LogP contribution in [0.25, 0.3) is 0 Å². The number of halogens is 1. The molecule has 0 aliphatic carbocycles. The summed E-state index contributed by atoms with van der Waals surface area (Å²) in [5.41, 5.74) is 0.335. The number of carbonyl (C=O) groups excluding carboxylic acids is 1. The van der Waals surface area contributed by atoms with E-state index in [1.807, 2.05) is 6.92 Å². The van der Waals surface area contributed by atoms with Gasteiger partial charge in [-0.3, -0.25) is 14.4 Å². The predicted molar refractivity (Wildman–Crippen MR) is 108 cm³/mol. The Kier molecular flexibility index (Phi) is 7.27. The molecule has 0 radical (unpaired) electrons. The molecule has 1 heterocycles. The smallest absolute Gasteiger partial charge is 0.250 e. The Labute approximate surface area is 166 Å². The molecule has 0 bridgehead atoms. The highest BCUT2D eigenvalue weighted by Crippen LogP contribution is 2.28. The highest BCUT2D eigenvalue weighted by Gasteiger charge is 2.32. The molecule has 0 fully saturated rings. The zero-order valence-electron chi connectivity index (χ0n) is 14.5. The normalized spacial score (nSPS) is 12.6. The number of nitrogens with one attached hydrogen (secondary N) is 1. The maximum absolute atomic E-state index is 12.7. The van der Waals surface area contributed by atoms with E-state index >= 15 is 0 Å². The van der Waals surface area contributed by atoms with Crippen LogP contribution in [0.3, 0.4) is 0 Å². The Hall–Kier alpha value is -1.36. The summed E-state index contributed by atoms with van der Waals surface area (Å²) in [5.74, 6) is 0.374. The number of hydrogen-bond donors (Lipinski definition) is 1. The van der Waals surface area contributed by atoms with Crippen LogP contribution in [0, 0.1) is 0 Å². The molecule has 7 nitrogen and oxygen atoms in total. The van der Waals surface area contributed by atoms with Crippen molar-refractivity contribution in [2.75, 3.05) is 21.6 Å². The minimum atomic E-state index is -3.71. The van der Waals surface area contributed by atoms with E-state index in [1.165, 1.54) is 29.2 Å². The molecule has 2 rings (SSSR count). The molecule has 1 aromatic carbocycles. The fourth-order valence-corrected chi connectivity index (χ4v) is 5.34. The van der Waals surface area contributed by atoms with Gasteiger partial charge in [-0.15, -0.1) is 10.2 Å². The van der Waals surface area contributed by atoms with Crippen LogP contribution in [0.2, 0.25) is 5.02 Å². The Morgan fingerprint density at radius 1 is 1.38 bits per heavy atom. The Morgan fingerprint density at radius 2 is 2.12 bits per heavy atom. The number of hydrogen-bond acceptors (Lipinski definition) is 7. The summed E-state index contributed by atoms with van der Waals surface area (Å²) in [6, 6.07) is 5.46. The number of sulfonamides is 1. The predicted octanol–water partition coefficient (Wildman–Crippen LogP) is 3.49. The van der Waals surface area contributed by atoms with Crippen molar-refractivity contribution in [1.29, 1.82) is 0 Å². The van der Waals surface area contributed by atoms with Gasteiger partial charge in [0.2, 0.25) is 21.1 Å². The first-order valence-corrected chi connectivity index (χ1v) is 11.8. The molecule has 0 unspecified atom stereocenters. The summed E-state index contributed by atoms with van der Waals surface area (Å²) in [4.78, 5) is 12.7. The quantitative estimate of drug-likeness (QED) is 0.505. The van der Waals surface area contributed by atoms with Crippen molar-refractivity contribution in [3.63, 3.8) is 0 Å². The second kappa shape index (κ2) is 9.03. The highest BCUT2D eigenvalue weighted by atomic mass is 35.5. The molecule has 0 spiro atoms. The molecule has 0 saturated carbocycles. The van der Waals surface area contributed by atoms with Gasteiger partial charge < -0.3 is 0 Å². The summed E-state index contributed by atoms with van der Waals surface area (Å²) in [5, 5.41) is 11.3. The lowest BCUT2D eigenvalue weighted by molar-refractivity contribution is -0.117. The minimum absolute atomic E-state index is 0.279. The third-order valence-electron chi connectivity index (χ3n) is 3.30. The van der Waals surface area contributed by atoms with Gasteiger partial charge in [-0.1, -0.05) is 54.6 Å². The Bertz CT molecular complexity index is 873. The van der Waals surface area contributed by atoms with E-state index in [2.05, 4.69) is 15.5 Å². The van der Waals surface area contributed by atoms with Crippen molar-refractivity contribution in [3.05, 3.63) is 29.3 Å². The van der Waals surface area contributed by atoms with Crippen molar-refractivity contribution < 1.29 is 13.2 Å². The van der Waals surface area contributed by atoms with Gasteiger partial charge in [0.25, 0.3) is 0 Å². The number of aromatic nitrogens is 2. The average molecular weight is 435 g/mol. The van der Waals surface area contributed by atoms with Crippen molar-refractivity contribution in [2.45, 2.75) is 30.6 Å². The number of benzene rings is 1. The van der Waals surface area contributed by atoms with Crippen LogP contribution in [0.5, 0.6) is 0 Å². The van der Waals surface area contributed by atoms with Crippen LogP contribution in [0.4, 0.5) is 10.8 Å². The molecule has 11 heteroatoms. The number of rotatable bonds is 8. The molecule has 1 aromatic heterocycles. The van der Waals surface area contributed by atoms with Crippen molar-refractivity contribution in [2.24, 2.45) is 0 Å². The van der Waals surface area contributed by atoms with Gasteiger partial charge in [-0.2, -0.15) is 0 Å². The monoisotopic (exact) mass is 434 g/mol. The van der Waals surface area contributed by atoms with E-state index in [-0.39, 0.29) is 6.42 Å². The summed E-state index contributed by atoms with van der Waals surface area (Å²) < 4.78 is 26.5. The molecule has 1 atom stereocenters. The summed E-state index contributed by atoms with van der Waals surface area (Å²) in [6.45, 7) is 3.73. The van der Waals surface area contributed by atoms with Gasteiger partial charge in [0, 0.05) is 5.02 Å². The molecule has 2 aromatic rings. The van der Waals surface area contributed by atoms with Gasteiger partial charge in [-0.05, 0) is 30.4 Å². The van der Waals surface area contributed by atoms with Gasteiger partial charge in [0.05, 0.1) is 11.9 Å². The summed E-state index contributed by atoms with van der Waals surface area (Å²) in [6.07, 6.45) is 1.34. The summed E-state index contributed by atoms with van der Waals surface area (Å²) in [7, 11) is -3.71. The second-order valence-electron chi connectivity index (χ2n) is 5.26. The topological polar surface area (TPSA) is 92.3 Å². The molecular formula is C15H19ClN4O3S3. The summed E-state index contributed by atoms with van der Waals surface area (Å²) >= 11 is 8.76. The SMILES string of the molecule is CCSc1nnc(NC(=O)[C@@H](CC)N(c2cccc(Cl)c2)S(C)(=O)=O)s1. The molecule has 142 valence electrons. The van der Waals surface area contributed by atoms with E-state index in [4.69, 9.17) is 11.6 Å². The fraction of sp³-hybridized carbons (Fsp3) is 0.400. The van der Waals surface area contributed by atoms with Crippen molar-refractivity contribution in [3.8, 4) is 0 Å². The van der Waals surface area contributed by atoms with Crippen molar-refractivity contribution in [1.82, 2.24) is 10.2 Å². The maximum atomic E-state index is 12.7. The zero-order chi connectivity index (χ0) is 19.3. The lowest BCUT2D eigenvalue weighted by atomic mass is 10.2. The number of amides is 1. The van der Waals surface area contributed by atoms with Gasteiger partial charge in [0.1, 0.15) is 6.04 Å². The molecule has 26 heavy (non-hydrogen) atoms. The molecular weight excluding hydrogens is 416 g/mol. The standard InChI is InChI=1S/C15H19ClN4O3S3/c1-4-12(13(21)17-14-18-19-15(25-14)24-5-2)20(26(3,22)23)11-8-6-7-10(16)9-11/h6-9,12H,4-5H2,1-3H3,(H,17,18,21)/t12-/m1/s1. The number of nitrogens with zero attached hydrogens (tertiary/aromatic N) is 3. The van der Waals surface area contributed by atoms with Crippen LogP contribution >= 0.6 is 34.7 Å². The van der Waals surface area contributed by atoms with E-state index in [1.54, 1.807) is 25.1 Å². The zero-order valence-corrected chi connectivity index (χ0v) is 17.7. The fourth-order valence-electron chi connectivity index (χ4n) is 2.30. The second-order valence-corrected chi connectivity index (χ2v) is 10.0. The maximum Gasteiger partial charge on any atom is 0.250 e. The van der Waals surface area contributed by atoms with E-state index < -0.39 is 22.0 Å². The number of anilines is 2.